The van der Waals surface area contributed by atoms with Gasteiger partial charge in [0, 0.05) is 12.6 Å². The number of nitrogens with two attached hydrogens (primary N) is 1. The number of guanidine groups is 1. The molecular formula is C17H27N3O. The van der Waals surface area contributed by atoms with E-state index in [1.165, 1.54) is 37.7 Å². The maximum absolute atomic E-state index is 5.94. The number of rotatable bonds is 6. The molecule has 4 nitrogen and oxygen atoms in total. The Kier molecular flexibility index (Phi) is 6.38. The summed E-state index contributed by atoms with van der Waals surface area (Å²) in [6, 6.07) is 8.73. The van der Waals surface area contributed by atoms with Crippen molar-refractivity contribution in [2.45, 2.75) is 51.0 Å². The van der Waals surface area contributed by atoms with Crippen LogP contribution in [0.4, 0.5) is 0 Å². The Labute approximate surface area is 127 Å². The van der Waals surface area contributed by atoms with E-state index < -0.39 is 0 Å². The Hall–Kier alpha value is -1.71. The minimum atomic E-state index is 0.532. The van der Waals surface area contributed by atoms with Crippen LogP contribution >= 0.6 is 0 Å². The number of hydrogen-bond donors (Lipinski definition) is 2. The average molecular weight is 289 g/mol. The van der Waals surface area contributed by atoms with Gasteiger partial charge in [-0.2, -0.15) is 0 Å². The molecular weight excluding hydrogens is 262 g/mol. The van der Waals surface area contributed by atoms with Crippen molar-refractivity contribution >= 4 is 5.96 Å². The van der Waals surface area contributed by atoms with Crippen LogP contribution in [0.25, 0.3) is 0 Å². The molecule has 3 N–H and O–H groups in total. The summed E-state index contributed by atoms with van der Waals surface area (Å²) in [5, 5.41) is 3.34. The SMILES string of the molecule is COc1ccc(CCCN=C(N)NC2CCCCC2)cc1. The van der Waals surface area contributed by atoms with Crippen molar-refractivity contribution in [3.63, 3.8) is 0 Å². The van der Waals surface area contributed by atoms with E-state index >= 15 is 0 Å². The van der Waals surface area contributed by atoms with Gasteiger partial charge in [-0.15, -0.1) is 0 Å². The second-order valence-electron chi connectivity index (χ2n) is 5.70. The minimum Gasteiger partial charge on any atom is -0.497 e. The van der Waals surface area contributed by atoms with E-state index in [-0.39, 0.29) is 0 Å². The fourth-order valence-electron chi connectivity index (χ4n) is 2.78. The maximum Gasteiger partial charge on any atom is 0.188 e. The number of hydrogen-bond acceptors (Lipinski definition) is 2. The van der Waals surface area contributed by atoms with Gasteiger partial charge in [0.1, 0.15) is 5.75 Å². The Morgan fingerprint density at radius 3 is 2.62 bits per heavy atom. The molecule has 4 heteroatoms. The summed E-state index contributed by atoms with van der Waals surface area (Å²) >= 11 is 0. The van der Waals surface area contributed by atoms with Crippen molar-refractivity contribution in [3.8, 4) is 5.75 Å². The van der Waals surface area contributed by atoms with Gasteiger partial charge in [0.05, 0.1) is 7.11 Å². The summed E-state index contributed by atoms with van der Waals surface area (Å²) in [6.07, 6.45) is 8.45. The molecule has 1 aromatic rings. The predicted molar refractivity (Wildman–Crippen MR) is 87.8 cm³/mol. The van der Waals surface area contributed by atoms with Crippen LogP contribution in [0.5, 0.6) is 5.75 Å². The Morgan fingerprint density at radius 1 is 1.24 bits per heavy atom. The molecule has 1 aliphatic rings. The third-order valence-corrected chi connectivity index (χ3v) is 4.02. The molecule has 1 aromatic carbocycles. The first-order valence-electron chi connectivity index (χ1n) is 7.97. The van der Waals surface area contributed by atoms with Crippen LogP contribution in [0.1, 0.15) is 44.1 Å². The smallest absolute Gasteiger partial charge is 0.188 e. The van der Waals surface area contributed by atoms with Crippen molar-refractivity contribution < 1.29 is 4.74 Å². The van der Waals surface area contributed by atoms with Gasteiger partial charge in [-0.1, -0.05) is 31.4 Å². The number of aliphatic imine (C=N–C) groups is 1. The quantitative estimate of drug-likeness (QED) is 0.481. The molecule has 0 saturated heterocycles. The first-order chi connectivity index (χ1) is 10.3. The van der Waals surface area contributed by atoms with E-state index in [0.717, 1.165) is 25.1 Å². The molecule has 0 aliphatic heterocycles. The zero-order valence-corrected chi connectivity index (χ0v) is 13.0. The Balaban J connectivity index is 1.66. The van der Waals surface area contributed by atoms with Crippen LogP contribution in [0.2, 0.25) is 0 Å². The number of nitrogens with one attached hydrogen (secondary N) is 1. The second-order valence-corrected chi connectivity index (χ2v) is 5.70. The van der Waals surface area contributed by atoms with E-state index in [9.17, 15) is 0 Å². The summed E-state index contributed by atoms with van der Waals surface area (Å²) in [7, 11) is 1.69. The second kappa shape index (κ2) is 8.55. The number of aryl methyl sites for hydroxylation is 1. The molecule has 2 rings (SSSR count). The highest BCUT2D eigenvalue weighted by Crippen LogP contribution is 2.17. The topological polar surface area (TPSA) is 59.6 Å². The van der Waals surface area contributed by atoms with Crippen LogP contribution in [-0.2, 0) is 6.42 Å². The highest BCUT2D eigenvalue weighted by atomic mass is 16.5. The molecule has 21 heavy (non-hydrogen) atoms. The van der Waals surface area contributed by atoms with Gasteiger partial charge >= 0.3 is 0 Å². The van der Waals surface area contributed by atoms with Gasteiger partial charge in [-0.25, -0.2) is 0 Å². The first-order valence-corrected chi connectivity index (χ1v) is 7.97. The van der Waals surface area contributed by atoms with E-state index in [2.05, 4.69) is 22.4 Å². The van der Waals surface area contributed by atoms with Gasteiger partial charge in [0.25, 0.3) is 0 Å². The van der Waals surface area contributed by atoms with Crippen molar-refractivity contribution in [1.29, 1.82) is 0 Å². The van der Waals surface area contributed by atoms with Crippen molar-refractivity contribution in [3.05, 3.63) is 29.8 Å². The molecule has 0 unspecified atom stereocenters. The highest BCUT2D eigenvalue weighted by Gasteiger charge is 2.12. The molecule has 0 aromatic heterocycles. The molecule has 116 valence electrons. The molecule has 1 aliphatic carbocycles. The van der Waals surface area contributed by atoms with Gasteiger partial charge in [-0.3, -0.25) is 4.99 Å². The molecule has 0 atom stereocenters. The first kappa shape index (κ1) is 15.7. The zero-order valence-electron chi connectivity index (χ0n) is 13.0. The van der Waals surface area contributed by atoms with Crippen LogP contribution in [0.3, 0.4) is 0 Å². The van der Waals surface area contributed by atoms with Gasteiger partial charge in [0.2, 0.25) is 0 Å². The lowest BCUT2D eigenvalue weighted by molar-refractivity contribution is 0.412. The van der Waals surface area contributed by atoms with Crippen LogP contribution in [0, 0.1) is 0 Å². The highest BCUT2D eigenvalue weighted by molar-refractivity contribution is 5.78. The lowest BCUT2D eigenvalue weighted by Gasteiger charge is -2.23. The fourth-order valence-corrected chi connectivity index (χ4v) is 2.78. The number of methoxy groups -OCH3 is 1. The van der Waals surface area contributed by atoms with E-state index in [4.69, 9.17) is 10.5 Å². The van der Waals surface area contributed by atoms with Gasteiger partial charge in [-0.05, 0) is 43.4 Å². The molecule has 1 saturated carbocycles. The fraction of sp³-hybridized carbons (Fsp3) is 0.588. The monoisotopic (exact) mass is 289 g/mol. The summed E-state index contributed by atoms with van der Waals surface area (Å²) in [5.41, 5.74) is 7.25. The summed E-state index contributed by atoms with van der Waals surface area (Å²) < 4.78 is 5.15. The number of ether oxygens (including phenoxy) is 1. The molecule has 0 bridgehead atoms. The maximum atomic E-state index is 5.94. The summed E-state index contributed by atoms with van der Waals surface area (Å²) in [6.45, 7) is 0.775. The molecule has 0 amide bonds. The lowest BCUT2D eigenvalue weighted by Crippen LogP contribution is -2.41. The van der Waals surface area contributed by atoms with Crippen molar-refractivity contribution in [1.82, 2.24) is 5.32 Å². The number of nitrogens with zero attached hydrogens (tertiary/aromatic N) is 1. The molecule has 0 spiro atoms. The zero-order chi connectivity index (χ0) is 14.9. The van der Waals surface area contributed by atoms with Crippen molar-refractivity contribution in [2.24, 2.45) is 10.7 Å². The largest absolute Gasteiger partial charge is 0.497 e. The average Bonchev–Trinajstić information content (AvgIpc) is 2.53. The van der Waals surface area contributed by atoms with Crippen molar-refractivity contribution in [2.75, 3.05) is 13.7 Å². The van der Waals surface area contributed by atoms with Gasteiger partial charge < -0.3 is 15.8 Å². The third-order valence-electron chi connectivity index (χ3n) is 4.02. The standard InChI is InChI=1S/C17H27N3O/c1-21-16-11-9-14(10-12-16)6-5-13-19-17(18)20-15-7-3-2-4-8-15/h9-12,15H,2-8,13H2,1H3,(H3,18,19,20). The Bertz CT molecular complexity index is 436. The van der Waals surface area contributed by atoms with Gasteiger partial charge in [0.15, 0.2) is 5.96 Å². The van der Waals surface area contributed by atoms with E-state index in [1.807, 2.05) is 12.1 Å². The molecule has 1 fully saturated rings. The summed E-state index contributed by atoms with van der Waals surface area (Å²) in [5.74, 6) is 1.51. The Morgan fingerprint density at radius 2 is 1.95 bits per heavy atom. The summed E-state index contributed by atoms with van der Waals surface area (Å²) in [4.78, 5) is 4.43. The van der Waals surface area contributed by atoms with Crippen LogP contribution < -0.4 is 15.8 Å². The predicted octanol–water partition coefficient (Wildman–Crippen LogP) is 2.86. The number of benzene rings is 1. The van der Waals surface area contributed by atoms with E-state index in [1.54, 1.807) is 7.11 Å². The lowest BCUT2D eigenvalue weighted by atomic mass is 9.96. The normalized spacial score (nSPS) is 16.7. The van der Waals surface area contributed by atoms with Crippen LogP contribution in [-0.4, -0.2) is 25.7 Å². The van der Waals surface area contributed by atoms with Crippen LogP contribution in [0.15, 0.2) is 29.3 Å². The minimum absolute atomic E-state index is 0.532. The van der Waals surface area contributed by atoms with E-state index in [0.29, 0.717) is 12.0 Å². The molecule has 0 radical (unpaired) electrons. The third kappa shape index (κ3) is 5.66. The molecule has 0 heterocycles.